The van der Waals surface area contributed by atoms with Crippen LogP contribution in [0.15, 0.2) is 48.5 Å². The van der Waals surface area contributed by atoms with Gasteiger partial charge in [0.25, 0.3) is 0 Å². The fourth-order valence-electron chi connectivity index (χ4n) is 2.91. The highest BCUT2D eigenvalue weighted by Gasteiger charge is 2.33. The maximum Gasteiger partial charge on any atom is 0.165 e. The van der Waals surface area contributed by atoms with Crippen LogP contribution in [0.1, 0.15) is 18.4 Å². The van der Waals surface area contributed by atoms with Crippen LogP contribution in [-0.4, -0.2) is 40.4 Å². The molecule has 2 aromatic rings. The highest BCUT2D eigenvalue weighted by atomic mass is 19.1. The lowest BCUT2D eigenvalue weighted by atomic mass is 9.92. The van der Waals surface area contributed by atoms with Gasteiger partial charge in [-0.15, -0.1) is 0 Å². The van der Waals surface area contributed by atoms with Crippen LogP contribution in [0.5, 0.6) is 11.5 Å². The van der Waals surface area contributed by atoms with Crippen LogP contribution in [0, 0.1) is 5.82 Å². The Bertz CT molecular complexity index is 667. The van der Waals surface area contributed by atoms with Crippen LogP contribution in [-0.2, 0) is 6.54 Å². The van der Waals surface area contributed by atoms with E-state index in [4.69, 9.17) is 4.74 Å². The number of halogens is 1. The van der Waals surface area contributed by atoms with Gasteiger partial charge in [-0.25, -0.2) is 4.39 Å². The monoisotopic (exact) mass is 331 g/mol. The summed E-state index contributed by atoms with van der Waals surface area (Å²) in [5.74, 6) is 0.0281. The first kappa shape index (κ1) is 16.7. The van der Waals surface area contributed by atoms with Crippen LogP contribution in [0.4, 0.5) is 4.39 Å². The van der Waals surface area contributed by atoms with Gasteiger partial charge in [0.1, 0.15) is 18.0 Å². The Morgan fingerprint density at radius 1 is 1.04 bits per heavy atom. The van der Waals surface area contributed by atoms with E-state index in [0.29, 0.717) is 12.8 Å². The molecule has 0 atom stereocenters. The number of phenols is 1. The zero-order chi connectivity index (χ0) is 17.0. The van der Waals surface area contributed by atoms with Gasteiger partial charge in [0.05, 0.1) is 0 Å². The van der Waals surface area contributed by atoms with Crippen molar-refractivity contribution >= 4 is 0 Å². The molecule has 2 N–H and O–H groups in total. The lowest BCUT2D eigenvalue weighted by Gasteiger charge is -2.38. The lowest BCUT2D eigenvalue weighted by molar-refractivity contribution is -0.0543. The van der Waals surface area contributed by atoms with E-state index in [9.17, 15) is 14.6 Å². The Hall–Kier alpha value is -2.11. The largest absolute Gasteiger partial charge is 0.508 e. The Morgan fingerprint density at radius 3 is 2.38 bits per heavy atom. The van der Waals surface area contributed by atoms with E-state index in [0.717, 1.165) is 25.2 Å². The molecule has 1 aliphatic heterocycles. The third-order valence-electron chi connectivity index (χ3n) is 4.46. The minimum atomic E-state index is -0.923. The molecule has 0 spiro atoms. The van der Waals surface area contributed by atoms with E-state index in [1.807, 2.05) is 12.1 Å². The average molecular weight is 331 g/mol. The number of ether oxygens (including phenoxy) is 1. The van der Waals surface area contributed by atoms with E-state index in [-0.39, 0.29) is 18.1 Å². The summed E-state index contributed by atoms with van der Waals surface area (Å²) in [7, 11) is 0. The number of aliphatic hydroxyl groups is 1. The predicted octanol–water partition coefficient (Wildman–Crippen LogP) is 2.94. The molecule has 1 heterocycles. The first-order chi connectivity index (χ1) is 11.5. The molecule has 4 nitrogen and oxygen atoms in total. The summed E-state index contributed by atoms with van der Waals surface area (Å²) in [5, 5.41) is 20.0. The number of piperidine rings is 1. The van der Waals surface area contributed by atoms with E-state index >= 15 is 0 Å². The first-order valence-electron chi connectivity index (χ1n) is 8.14. The number of phenolic OH excluding ortho intramolecular Hbond substituents is 1. The smallest absolute Gasteiger partial charge is 0.165 e. The third kappa shape index (κ3) is 4.24. The van der Waals surface area contributed by atoms with Gasteiger partial charge in [-0.3, -0.25) is 4.90 Å². The maximum atomic E-state index is 13.6. The second-order valence-electron chi connectivity index (χ2n) is 6.39. The van der Waals surface area contributed by atoms with Gasteiger partial charge >= 0.3 is 0 Å². The van der Waals surface area contributed by atoms with Crippen molar-refractivity contribution in [3.63, 3.8) is 0 Å². The summed E-state index contributed by atoms with van der Waals surface area (Å²) in [6.45, 7) is 2.38. The fourth-order valence-corrected chi connectivity index (χ4v) is 2.91. The summed E-state index contributed by atoms with van der Waals surface area (Å²) in [5.41, 5.74) is 0.203. The number of rotatable bonds is 5. The topological polar surface area (TPSA) is 52.9 Å². The lowest BCUT2D eigenvalue weighted by Crippen LogP contribution is -2.47. The van der Waals surface area contributed by atoms with E-state index in [1.165, 1.54) is 6.07 Å². The fraction of sp³-hybridized carbons (Fsp3) is 0.368. The molecule has 0 saturated carbocycles. The number of likely N-dealkylation sites (tertiary alicyclic amines) is 1. The van der Waals surface area contributed by atoms with Crippen molar-refractivity contribution in [1.29, 1.82) is 0 Å². The Balaban J connectivity index is 1.50. The molecule has 3 rings (SSSR count). The van der Waals surface area contributed by atoms with Gasteiger partial charge in [-0.05, 0) is 42.7 Å². The van der Waals surface area contributed by atoms with Crippen molar-refractivity contribution in [1.82, 2.24) is 4.90 Å². The van der Waals surface area contributed by atoms with Crippen molar-refractivity contribution in [2.45, 2.75) is 25.0 Å². The summed E-state index contributed by atoms with van der Waals surface area (Å²) in [4.78, 5) is 2.25. The van der Waals surface area contributed by atoms with E-state index in [1.54, 1.807) is 30.3 Å². The maximum absolute atomic E-state index is 13.6. The summed E-state index contributed by atoms with van der Waals surface area (Å²) in [6, 6.07) is 13.4. The normalized spacial score (nSPS) is 17.6. The second-order valence-corrected chi connectivity index (χ2v) is 6.39. The average Bonchev–Trinajstić information content (AvgIpc) is 2.59. The van der Waals surface area contributed by atoms with Crippen LogP contribution < -0.4 is 4.74 Å². The molecule has 5 heteroatoms. The first-order valence-corrected chi connectivity index (χ1v) is 8.14. The summed E-state index contributed by atoms with van der Waals surface area (Å²) >= 11 is 0. The van der Waals surface area contributed by atoms with Crippen LogP contribution >= 0.6 is 0 Å². The molecule has 24 heavy (non-hydrogen) atoms. The van der Waals surface area contributed by atoms with Gasteiger partial charge in [-0.1, -0.05) is 24.3 Å². The molecule has 0 unspecified atom stereocenters. The van der Waals surface area contributed by atoms with E-state index < -0.39 is 11.4 Å². The molecule has 128 valence electrons. The van der Waals surface area contributed by atoms with Gasteiger partial charge in [0.2, 0.25) is 0 Å². The standard InChI is InChI=1S/C19H22FNO3/c20-17-3-1-2-4-18(17)24-14-19(23)9-11-21(12-10-19)13-15-5-7-16(22)8-6-15/h1-8,22-23H,9-14H2. The molecule has 1 saturated heterocycles. The van der Waals surface area contributed by atoms with Crippen molar-refractivity contribution in [2.24, 2.45) is 0 Å². The molecular weight excluding hydrogens is 309 g/mol. The molecule has 0 radical (unpaired) electrons. The number of para-hydroxylation sites is 1. The Labute approximate surface area is 141 Å². The van der Waals surface area contributed by atoms with Gasteiger partial charge in [0.15, 0.2) is 11.6 Å². The van der Waals surface area contributed by atoms with Crippen LogP contribution in [0.2, 0.25) is 0 Å². The number of aromatic hydroxyl groups is 1. The molecule has 0 bridgehead atoms. The molecule has 1 aliphatic rings. The highest BCUT2D eigenvalue weighted by Crippen LogP contribution is 2.26. The number of hydrogen-bond acceptors (Lipinski definition) is 4. The van der Waals surface area contributed by atoms with Gasteiger partial charge in [0, 0.05) is 19.6 Å². The number of benzene rings is 2. The zero-order valence-corrected chi connectivity index (χ0v) is 13.5. The van der Waals surface area contributed by atoms with Crippen molar-refractivity contribution in [3.05, 3.63) is 59.9 Å². The minimum absolute atomic E-state index is 0.0982. The van der Waals surface area contributed by atoms with Crippen molar-refractivity contribution in [2.75, 3.05) is 19.7 Å². The van der Waals surface area contributed by atoms with Crippen LogP contribution in [0.3, 0.4) is 0 Å². The van der Waals surface area contributed by atoms with Crippen molar-refractivity contribution < 1.29 is 19.3 Å². The van der Waals surface area contributed by atoms with Gasteiger partial charge < -0.3 is 14.9 Å². The second kappa shape index (κ2) is 7.20. The van der Waals surface area contributed by atoms with Crippen molar-refractivity contribution in [3.8, 4) is 11.5 Å². The molecule has 0 amide bonds. The molecular formula is C19H22FNO3. The summed E-state index contributed by atoms with van der Waals surface area (Å²) < 4.78 is 19.0. The quantitative estimate of drug-likeness (QED) is 0.884. The molecule has 0 aliphatic carbocycles. The Kier molecular flexibility index (Phi) is 5.02. The van der Waals surface area contributed by atoms with Crippen LogP contribution in [0.25, 0.3) is 0 Å². The molecule has 0 aromatic heterocycles. The number of hydrogen-bond donors (Lipinski definition) is 2. The van der Waals surface area contributed by atoms with Gasteiger partial charge in [-0.2, -0.15) is 0 Å². The molecule has 1 fully saturated rings. The number of nitrogens with zero attached hydrogens (tertiary/aromatic N) is 1. The SMILES string of the molecule is Oc1ccc(CN2CCC(O)(COc3ccccc3F)CC2)cc1. The molecule has 2 aromatic carbocycles. The summed E-state index contributed by atoms with van der Waals surface area (Å²) in [6.07, 6.45) is 1.17. The zero-order valence-electron chi connectivity index (χ0n) is 13.5. The highest BCUT2D eigenvalue weighted by molar-refractivity contribution is 5.26. The third-order valence-corrected chi connectivity index (χ3v) is 4.46. The minimum Gasteiger partial charge on any atom is -0.508 e. The van der Waals surface area contributed by atoms with E-state index in [2.05, 4.69) is 4.90 Å². The Morgan fingerprint density at radius 2 is 1.71 bits per heavy atom. The predicted molar refractivity (Wildman–Crippen MR) is 89.5 cm³/mol.